The molecule has 0 aliphatic carbocycles. The first-order valence-corrected chi connectivity index (χ1v) is 11.8. The topological polar surface area (TPSA) is 98.0 Å². The molecule has 2 aromatic carbocycles. The van der Waals surface area contributed by atoms with Gasteiger partial charge in [-0.1, -0.05) is 53.3 Å². The molecule has 0 bridgehead atoms. The van der Waals surface area contributed by atoms with E-state index in [1.807, 2.05) is 35.7 Å². The largest absolute Gasteiger partial charge is 0.324 e. The average molecular weight is 511 g/mol. The smallest absolute Gasteiger partial charge is 0.305 e. The second kappa shape index (κ2) is 8.90. The van der Waals surface area contributed by atoms with Crippen molar-refractivity contribution in [3.63, 3.8) is 0 Å². The third-order valence-corrected chi connectivity index (χ3v) is 7.22. The minimum absolute atomic E-state index is 0.0295. The Bertz CT molecular complexity index is 1570. The molecule has 5 rings (SSSR count). The van der Waals surface area contributed by atoms with Crippen LogP contribution >= 0.6 is 34.3 Å². The maximum Gasteiger partial charge on any atom is 0.324 e. The summed E-state index contributed by atoms with van der Waals surface area (Å²) in [5.74, 6) is -0.733. The van der Waals surface area contributed by atoms with Gasteiger partial charge < -0.3 is 5.32 Å². The Morgan fingerprint density at radius 3 is 2.56 bits per heavy atom. The number of halogens is 2. The van der Waals surface area contributed by atoms with Crippen LogP contribution in [0.1, 0.15) is 9.67 Å². The zero-order valence-corrected chi connectivity index (χ0v) is 19.4. The summed E-state index contributed by atoms with van der Waals surface area (Å²) in [6, 6.07) is 16.5. The molecule has 1 amide bonds. The first-order valence-electron chi connectivity index (χ1n) is 9.76. The number of hydrogen-bond acceptors (Lipinski definition) is 7. The molecule has 0 radical (unpaired) electrons. The summed E-state index contributed by atoms with van der Waals surface area (Å²) >= 11 is 7.94. The lowest BCUT2D eigenvalue weighted by atomic mass is 10.1. The number of thiophene rings is 2. The summed E-state index contributed by atoms with van der Waals surface area (Å²) in [5.41, 5.74) is 2.73. The van der Waals surface area contributed by atoms with Gasteiger partial charge in [0.15, 0.2) is 11.6 Å². The van der Waals surface area contributed by atoms with Crippen LogP contribution in [0, 0.1) is 15.9 Å². The number of aromatic nitrogens is 2. The molecule has 1 N–H and O–H groups in total. The van der Waals surface area contributed by atoms with Crippen molar-refractivity contribution < 1.29 is 14.1 Å². The van der Waals surface area contributed by atoms with Crippen molar-refractivity contribution in [1.29, 1.82) is 0 Å². The molecule has 0 atom stereocenters. The van der Waals surface area contributed by atoms with Crippen LogP contribution in [-0.2, 0) is 0 Å². The quantitative estimate of drug-likeness (QED) is 0.202. The lowest BCUT2D eigenvalue weighted by Gasteiger charge is -2.09. The number of hydrogen-bond donors (Lipinski definition) is 1. The number of amides is 1. The highest BCUT2D eigenvalue weighted by Crippen LogP contribution is 2.38. The van der Waals surface area contributed by atoms with Crippen LogP contribution in [0.15, 0.2) is 66.0 Å². The molecule has 0 saturated carbocycles. The first kappa shape index (κ1) is 22.1. The number of carbonyl (C=O) groups excluding carboxylic acids is 1. The van der Waals surface area contributed by atoms with Gasteiger partial charge in [-0.3, -0.25) is 14.9 Å². The van der Waals surface area contributed by atoms with E-state index in [-0.39, 0.29) is 26.5 Å². The number of benzene rings is 2. The fraction of sp³-hybridized carbons (Fsp3) is 0. The highest BCUT2D eigenvalue weighted by atomic mass is 35.5. The molecule has 3 aromatic heterocycles. The van der Waals surface area contributed by atoms with Crippen LogP contribution in [0.3, 0.4) is 0 Å². The molecule has 0 fully saturated rings. The van der Waals surface area contributed by atoms with E-state index < -0.39 is 16.6 Å². The third-order valence-electron chi connectivity index (χ3n) is 4.91. The second-order valence-electron chi connectivity index (χ2n) is 7.07. The standard InChI is InChI=1S/C23H12ClFN4O3S2/c24-15-7-6-13(10-16(15)25)21-26-19-14(12-4-2-1-3-5-12)11-33-20(19)22(27-21)28-23(30)17-8-9-18(34-17)29(31)32/h1-11H,(H,26,27,28,30). The SMILES string of the molecule is O=C(Nc1nc(-c2ccc(Cl)c(F)c2)nc2c(-c3ccccc3)csc12)c1ccc([N+](=O)[O-])s1. The molecule has 0 aliphatic heterocycles. The predicted molar refractivity (Wildman–Crippen MR) is 132 cm³/mol. The molecule has 0 unspecified atom stereocenters. The Balaban J connectivity index is 1.64. The van der Waals surface area contributed by atoms with Gasteiger partial charge in [-0.05, 0) is 29.8 Å². The van der Waals surface area contributed by atoms with Crippen molar-refractivity contribution in [2.45, 2.75) is 0 Å². The Morgan fingerprint density at radius 2 is 1.85 bits per heavy atom. The molecular formula is C23H12ClFN4O3S2. The summed E-state index contributed by atoms with van der Waals surface area (Å²) in [6.45, 7) is 0. The van der Waals surface area contributed by atoms with E-state index in [9.17, 15) is 19.3 Å². The van der Waals surface area contributed by atoms with Crippen LogP contribution < -0.4 is 5.32 Å². The van der Waals surface area contributed by atoms with Gasteiger partial charge in [-0.25, -0.2) is 14.4 Å². The van der Waals surface area contributed by atoms with Crippen LogP contribution in [0.25, 0.3) is 32.7 Å². The van der Waals surface area contributed by atoms with Gasteiger partial charge >= 0.3 is 5.00 Å². The monoisotopic (exact) mass is 510 g/mol. The number of rotatable bonds is 5. The van der Waals surface area contributed by atoms with Crippen molar-refractivity contribution in [1.82, 2.24) is 9.97 Å². The molecule has 3 heterocycles. The van der Waals surface area contributed by atoms with Gasteiger partial charge in [0.1, 0.15) is 5.82 Å². The van der Waals surface area contributed by atoms with Crippen LogP contribution in [0.2, 0.25) is 5.02 Å². The Kier molecular flexibility index (Phi) is 5.78. The van der Waals surface area contributed by atoms with Crippen molar-refractivity contribution in [3.05, 3.63) is 91.9 Å². The summed E-state index contributed by atoms with van der Waals surface area (Å²) in [7, 11) is 0. The average Bonchev–Trinajstić information content (AvgIpc) is 3.49. The van der Waals surface area contributed by atoms with Gasteiger partial charge in [-0.2, -0.15) is 0 Å². The Labute approximate surface area is 204 Å². The molecule has 7 nitrogen and oxygen atoms in total. The van der Waals surface area contributed by atoms with Crippen LogP contribution in [0.5, 0.6) is 0 Å². The number of nitro groups is 1. The van der Waals surface area contributed by atoms with Gasteiger partial charge in [0, 0.05) is 22.6 Å². The minimum atomic E-state index is -0.618. The highest BCUT2D eigenvalue weighted by Gasteiger charge is 2.20. The lowest BCUT2D eigenvalue weighted by molar-refractivity contribution is -0.380. The minimum Gasteiger partial charge on any atom is -0.305 e. The third kappa shape index (κ3) is 4.14. The fourth-order valence-electron chi connectivity index (χ4n) is 3.31. The van der Waals surface area contributed by atoms with E-state index >= 15 is 0 Å². The maximum absolute atomic E-state index is 14.2. The summed E-state index contributed by atoms with van der Waals surface area (Å²) < 4.78 is 14.8. The highest BCUT2D eigenvalue weighted by molar-refractivity contribution is 7.18. The number of fused-ring (bicyclic) bond motifs is 1. The molecule has 34 heavy (non-hydrogen) atoms. The predicted octanol–water partition coefficient (Wildman–Crippen LogP) is 7.04. The second-order valence-corrected chi connectivity index (χ2v) is 9.42. The van der Waals surface area contributed by atoms with E-state index in [1.165, 1.54) is 35.6 Å². The summed E-state index contributed by atoms with van der Waals surface area (Å²) in [6.07, 6.45) is 0. The van der Waals surface area contributed by atoms with E-state index in [0.717, 1.165) is 22.5 Å². The Hall–Kier alpha value is -3.73. The zero-order valence-electron chi connectivity index (χ0n) is 17.0. The van der Waals surface area contributed by atoms with Crippen molar-refractivity contribution in [3.8, 4) is 22.5 Å². The van der Waals surface area contributed by atoms with Crippen molar-refractivity contribution in [2.24, 2.45) is 0 Å². The molecule has 168 valence electrons. The Morgan fingerprint density at radius 1 is 1.06 bits per heavy atom. The number of nitrogens with zero attached hydrogens (tertiary/aromatic N) is 3. The van der Waals surface area contributed by atoms with Gasteiger partial charge in [0.05, 0.1) is 25.0 Å². The van der Waals surface area contributed by atoms with Crippen molar-refractivity contribution >= 4 is 61.2 Å². The van der Waals surface area contributed by atoms with Gasteiger partial charge in [0.2, 0.25) is 0 Å². The normalized spacial score (nSPS) is 11.0. The zero-order chi connectivity index (χ0) is 23.8. The number of anilines is 1. The van der Waals surface area contributed by atoms with Gasteiger partial charge in [0.25, 0.3) is 5.91 Å². The molecular weight excluding hydrogens is 499 g/mol. The van der Waals surface area contributed by atoms with E-state index in [0.29, 0.717) is 15.8 Å². The van der Waals surface area contributed by atoms with Crippen LogP contribution in [-0.4, -0.2) is 20.8 Å². The van der Waals surface area contributed by atoms with E-state index in [1.54, 1.807) is 6.07 Å². The number of nitrogens with one attached hydrogen (secondary N) is 1. The summed E-state index contributed by atoms with van der Waals surface area (Å²) in [4.78, 5) is 32.6. The summed E-state index contributed by atoms with van der Waals surface area (Å²) in [5, 5.41) is 15.5. The molecule has 5 aromatic rings. The molecule has 11 heteroatoms. The molecule has 0 aliphatic rings. The first-order chi connectivity index (χ1) is 16.4. The molecule has 0 saturated heterocycles. The lowest BCUT2D eigenvalue weighted by Crippen LogP contribution is -2.12. The van der Waals surface area contributed by atoms with E-state index in [2.05, 4.69) is 15.3 Å². The van der Waals surface area contributed by atoms with E-state index in [4.69, 9.17) is 11.6 Å². The number of carbonyl (C=O) groups is 1. The maximum atomic E-state index is 14.2. The molecule has 0 spiro atoms. The van der Waals surface area contributed by atoms with Gasteiger partial charge in [-0.15, -0.1) is 11.3 Å². The fourth-order valence-corrected chi connectivity index (χ4v) is 5.10. The van der Waals surface area contributed by atoms with Crippen LogP contribution in [0.4, 0.5) is 15.2 Å². The van der Waals surface area contributed by atoms with Crippen molar-refractivity contribution in [2.75, 3.05) is 5.32 Å².